The molecule has 7 atom stereocenters. The summed E-state index contributed by atoms with van der Waals surface area (Å²) in [6.07, 6.45) is 2.49. The summed E-state index contributed by atoms with van der Waals surface area (Å²) in [4.78, 5) is 37.0. The van der Waals surface area contributed by atoms with Crippen LogP contribution in [0.2, 0.25) is 0 Å². The monoisotopic (exact) mass is 382 g/mol. The molecule has 0 amide bonds. The Hall–Kier alpha value is -1.18. The van der Waals surface area contributed by atoms with Crippen molar-refractivity contribution < 1.29 is 33.6 Å². The molecule has 5 fully saturated rings. The highest BCUT2D eigenvalue weighted by molar-refractivity contribution is 5.81. The maximum Gasteiger partial charge on any atom is 0.312 e. The summed E-state index contributed by atoms with van der Waals surface area (Å²) in [6, 6.07) is 0. The van der Waals surface area contributed by atoms with Gasteiger partial charge >= 0.3 is 11.9 Å². The van der Waals surface area contributed by atoms with Crippen molar-refractivity contribution in [3.05, 3.63) is 0 Å². The third-order valence-corrected chi connectivity index (χ3v) is 6.59. The zero-order valence-electron chi connectivity index (χ0n) is 16.8. The van der Waals surface area contributed by atoms with Crippen LogP contribution < -0.4 is 0 Å². The van der Waals surface area contributed by atoms with Crippen molar-refractivity contribution in [2.45, 2.75) is 90.0 Å². The molecule has 0 N–H and O–H groups in total. The lowest BCUT2D eigenvalue weighted by molar-refractivity contribution is -0.559. The molecule has 7 nitrogen and oxygen atoms in total. The molecule has 0 aromatic heterocycles. The van der Waals surface area contributed by atoms with Gasteiger partial charge in [-0.15, -0.1) is 0 Å². The van der Waals surface area contributed by atoms with Crippen molar-refractivity contribution in [2.75, 3.05) is 0 Å². The third-order valence-electron chi connectivity index (χ3n) is 6.59. The van der Waals surface area contributed by atoms with Crippen LogP contribution in [0, 0.1) is 23.7 Å². The molecule has 1 saturated carbocycles. The van der Waals surface area contributed by atoms with E-state index in [9.17, 15) is 9.59 Å². The fraction of sp³-hybridized carbons (Fsp3) is 0.900. The Morgan fingerprint density at radius 3 is 2.63 bits per heavy atom. The van der Waals surface area contributed by atoms with Gasteiger partial charge in [0.25, 0.3) is 0 Å². The Kier molecular flexibility index (Phi) is 4.37. The predicted molar refractivity (Wildman–Crippen MR) is 92.8 cm³/mol. The fourth-order valence-electron chi connectivity index (χ4n) is 5.41. The summed E-state index contributed by atoms with van der Waals surface area (Å²) in [5.74, 6) is -1.97. The van der Waals surface area contributed by atoms with E-state index in [0.29, 0.717) is 12.3 Å². The highest BCUT2D eigenvalue weighted by Crippen LogP contribution is 2.60. The van der Waals surface area contributed by atoms with E-state index in [4.69, 9.17) is 24.0 Å². The van der Waals surface area contributed by atoms with Gasteiger partial charge in [0.2, 0.25) is 12.1 Å². The molecule has 7 heteroatoms. The van der Waals surface area contributed by atoms with E-state index in [1.165, 1.54) is 0 Å². The summed E-state index contributed by atoms with van der Waals surface area (Å²) in [5, 5.41) is 0. The number of fused-ring (bicyclic) bond motifs is 2. The predicted octanol–water partition coefficient (Wildman–Crippen LogP) is 3.11. The van der Waals surface area contributed by atoms with Crippen LogP contribution in [0.5, 0.6) is 0 Å². The average molecular weight is 382 g/mol. The van der Waals surface area contributed by atoms with Crippen molar-refractivity contribution in [3.8, 4) is 0 Å². The molecule has 5 aliphatic rings. The zero-order chi connectivity index (χ0) is 19.6. The maximum atomic E-state index is 12.8. The second-order valence-corrected chi connectivity index (χ2v) is 9.74. The van der Waals surface area contributed by atoms with E-state index >= 15 is 0 Å². The molecule has 4 aliphatic heterocycles. The summed E-state index contributed by atoms with van der Waals surface area (Å²) in [6.45, 7) is 9.47. The molecule has 1 spiro atoms. The van der Waals surface area contributed by atoms with E-state index in [1.807, 2.05) is 27.7 Å². The molecule has 5 rings (SSSR count). The number of ether oxygens (including phenoxy) is 3. The van der Waals surface area contributed by atoms with Crippen LogP contribution in [0.15, 0.2) is 0 Å². The summed E-state index contributed by atoms with van der Waals surface area (Å²) < 4.78 is 17.2. The number of esters is 2. The zero-order valence-corrected chi connectivity index (χ0v) is 16.8. The van der Waals surface area contributed by atoms with Crippen molar-refractivity contribution in [3.63, 3.8) is 0 Å². The first-order chi connectivity index (χ1) is 12.5. The van der Waals surface area contributed by atoms with E-state index in [-0.39, 0.29) is 18.3 Å². The Labute approximate surface area is 159 Å². The molecular weight excluding hydrogens is 352 g/mol. The Balaban J connectivity index is 1.66. The maximum absolute atomic E-state index is 12.8. The van der Waals surface area contributed by atoms with Gasteiger partial charge in [-0.1, -0.05) is 6.92 Å². The molecule has 4 heterocycles. The van der Waals surface area contributed by atoms with E-state index in [0.717, 1.165) is 19.3 Å². The smallest absolute Gasteiger partial charge is 0.312 e. The van der Waals surface area contributed by atoms with Crippen molar-refractivity contribution >= 4 is 11.9 Å². The van der Waals surface area contributed by atoms with Gasteiger partial charge in [-0.2, -0.15) is 0 Å². The molecule has 0 aromatic rings. The summed E-state index contributed by atoms with van der Waals surface area (Å²) in [7, 11) is 0. The highest BCUT2D eigenvalue weighted by atomic mass is 17.3. The van der Waals surface area contributed by atoms with Gasteiger partial charge in [0.1, 0.15) is 5.60 Å². The molecule has 0 radical (unpaired) electrons. The van der Waals surface area contributed by atoms with Crippen molar-refractivity contribution in [2.24, 2.45) is 23.7 Å². The van der Waals surface area contributed by atoms with Crippen molar-refractivity contribution in [1.29, 1.82) is 0 Å². The average Bonchev–Trinajstić information content (AvgIpc) is 2.76. The van der Waals surface area contributed by atoms with E-state index in [1.54, 1.807) is 0 Å². The third kappa shape index (κ3) is 3.08. The van der Waals surface area contributed by atoms with Gasteiger partial charge in [-0.3, -0.25) is 9.59 Å². The largest absolute Gasteiger partial charge is 0.460 e. The fourth-order valence-corrected chi connectivity index (χ4v) is 5.41. The minimum Gasteiger partial charge on any atom is -0.460 e. The van der Waals surface area contributed by atoms with Gasteiger partial charge in [-0.25, -0.2) is 9.78 Å². The summed E-state index contributed by atoms with van der Waals surface area (Å²) >= 11 is 0. The number of carbonyl (C=O) groups is 2. The number of hydrogen-bond donors (Lipinski definition) is 0. The second-order valence-electron chi connectivity index (χ2n) is 9.74. The van der Waals surface area contributed by atoms with Crippen LogP contribution in [0.25, 0.3) is 0 Å². The lowest BCUT2D eigenvalue weighted by atomic mass is 9.57. The Bertz CT molecular complexity index is 641. The first kappa shape index (κ1) is 19.2. The highest BCUT2D eigenvalue weighted by Gasteiger charge is 2.70. The molecule has 4 saturated heterocycles. The van der Waals surface area contributed by atoms with Crippen LogP contribution in [-0.4, -0.2) is 35.2 Å². The lowest BCUT2D eigenvalue weighted by Gasteiger charge is -2.58. The first-order valence-electron chi connectivity index (χ1n) is 10.0. The number of hydrogen-bond acceptors (Lipinski definition) is 7. The molecule has 27 heavy (non-hydrogen) atoms. The topological polar surface area (TPSA) is 80.3 Å². The van der Waals surface area contributed by atoms with Gasteiger partial charge in [-0.05, 0) is 52.9 Å². The van der Waals surface area contributed by atoms with Crippen LogP contribution in [0.1, 0.15) is 66.7 Å². The van der Waals surface area contributed by atoms with Gasteiger partial charge in [0.05, 0.1) is 12.3 Å². The second kappa shape index (κ2) is 6.16. The van der Waals surface area contributed by atoms with Gasteiger partial charge in [0.15, 0.2) is 5.60 Å². The Morgan fingerprint density at radius 2 is 1.93 bits per heavy atom. The number of carbonyl (C=O) groups excluding carboxylic acids is 2. The first-order valence-corrected chi connectivity index (χ1v) is 10.0. The molecule has 2 bridgehead atoms. The SMILES string of the molecule is C[C@@H]1CC[C@H]2[C@@H](CC(=O)OC(C)(C)C)C(=O)O[C@@H]3O[C@@]4(C)CC[C@@H]1[C@]32OO4. The van der Waals surface area contributed by atoms with E-state index < -0.39 is 41.1 Å². The quantitative estimate of drug-likeness (QED) is 0.536. The van der Waals surface area contributed by atoms with Crippen LogP contribution in [0.3, 0.4) is 0 Å². The molecular formula is C20H30O7. The molecule has 0 unspecified atom stereocenters. The molecule has 152 valence electrons. The number of rotatable bonds is 2. The van der Waals surface area contributed by atoms with Gasteiger partial charge in [0, 0.05) is 18.3 Å². The standard InChI is InChI=1S/C20H30O7/c1-11-6-7-14-12(10-15(21)24-18(2,3)4)16(22)23-17-20(14)13(11)8-9-19(5,25-17)26-27-20/h11-14,17H,6-10H2,1-5H3/t11-,12-,13+,14+,17-,19-,20-/m1/s1. The van der Waals surface area contributed by atoms with Gasteiger partial charge < -0.3 is 14.2 Å². The van der Waals surface area contributed by atoms with Crippen LogP contribution >= 0.6 is 0 Å². The normalized spacial score (nSPS) is 46.3. The lowest BCUT2D eigenvalue weighted by Crippen LogP contribution is -2.70. The minimum atomic E-state index is -0.907. The minimum absolute atomic E-state index is 0.0169. The van der Waals surface area contributed by atoms with E-state index in [2.05, 4.69) is 6.92 Å². The molecule has 0 aromatic carbocycles. The van der Waals surface area contributed by atoms with Crippen molar-refractivity contribution in [1.82, 2.24) is 0 Å². The molecule has 1 aliphatic carbocycles. The Morgan fingerprint density at radius 1 is 1.19 bits per heavy atom. The van der Waals surface area contributed by atoms with Crippen LogP contribution in [0.4, 0.5) is 0 Å². The van der Waals surface area contributed by atoms with Crippen LogP contribution in [-0.2, 0) is 33.6 Å². The summed E-state index contributed by atoms with van der Waals surface area (Å²) in [5.41, 5.74) is -1.45.